The summed E-state index contributed by atoms with van der Waals surface area (Å²) in [5.74, 6) is -0.142. The van der Waals surface area contributed by atoms with E-state index in [0.717, 1.165) is 86.6 Å². The van der Waals surface area contributed by atoms with Crippen LogP contribution in [-0.4, -0.2) is 77.5 Å². The molecule has 4 aliphatic carbocycles. The van der Waals surface area contributed by atoms with Crippen LogP contribution in [0.4, 0.5) is 0 Å². The first kappa shape index (κ1) is 58.7. The van der Waals surface area contributed by atoms with Gasteiger partial charge in [-0.25, -0.2) is 0 Å². The van der Waals surface area contributed by atoms with Crippen molar-refractivity contribution in [3.8, 4) is 11.5 Å². The number of carboxylic acid groups (broad SMARTS) is 1. The molecular weight excluding hydrogens is 945 g/mol. The highest BCUT2D eigenvalue weighted by Crippen LogP contribution is 2.35. The molecule has 3 aromatic rings. The van der Waals surface area contributed by atoms with Gasteiger partial charge in [-0.3, -0.25) is 28.8 Å². The Bertz CT molecular complexity index is 2190. The summed E-state index contributed by atoms with van der Waals surface area (Å²) < 4.78 is 16.1. The van der Waals surface area contributed by atoms with Crippen molar-refractivity contribution in [2.24, 2.45) is 35.5 Å². The fourth-order valence-electron chi connectivity index (χ4n) is 12.1. The normalized spacial score (nSPS) is 17.6. The van der Waals surface area contributed by atoms with Crippen LogP contribution in [0.3, 0.4) is 0 Å². The zero-order valence-corrected chi connectivity index (χ0v) is 45.4. The quantitative estimate of drug-likeness (QED) is 0.0606. The van der Waals surface area contributed by atoms with E-state index in [-0.39, 0.29) is 49.6 Å². The van der Waals surface area contributed by atoms with Crippen molar-refractivity contribution >= 4 is 35.3 Å². The smallest absolute Gasteiger partial charge is 0.325 e. The Labute approximate surface area is 448 Å². The molecule has 0 aliphatic heterocycles. The largest absolute Gasteiger partial charge is 0.497 e. The summed E-state index contributed by atoms with van der Waals surface area (Å²) in [6, 6.07) is 24.3. The van der Waals surface area contributed by atoms with Gasteiger partial charge in [0.2, 0.25) is 11.8 Å². The van der Waals surface area contributed by atoms with E-state index in [2.05, 4.69) is 0 Å². The summed E-state index contributed by atoms with van der Waals surface area (Å²) in [5, 5.41) is 9.51. The Morgan fingerprint density at radius 3 is 1.23 bits per heavy atom. The zero-order chi connectivity index (χ0) is 53.2. The van der Waals surface area contributed by atoms with Gasteiger partial charge in [0.05, 0.1) is 26.1 Å². The van der Waals surface area contributed by atoms with Gasteiger partial charge in [0.25, 0.3) is 0 Å². The number of carbonyl (C=O) groups is 6. The third-order valence-corrected chi connectivity index (χ3v) is 16.6. The molecule has 75 heavy (non-hydrogen) atoms. The predicted molar refractivity (Wildman–Crippen MR) is 292 cm³/mol. The number of rotatable bonds is 26. The van der Waals surface area contributed by atoms with Gasteiger partial charge in [-0.2, -0.15) is 0 Å². The standard InChI is InChI=1S/C35H47NO5.C28H41NO5/c1-40-31-20-17-29(18-21-31)24-36(25-34(38)41-26-30-15-9-4-10-16-30)35(39)32(23-28-13-7-3-8-14-28)33(37)22-19-27-11-5-2-6-12-27;1-34-24-15-12-23(13-16-24)19-29(20-27(31)32)28(33)25(18-22-10-6-3-7-11-22)26(30)17-14-21-8-4-2-5-9-21/h4,9-10,15-18,20-21,27-28,32H,2-3,5-8,11-14,19,22-26H2,1H3;12-13,15-16,21-22,25H,2-11,14,17-20H2,1H3,(H,31,32). The van der Waals surface area contributed by atoms with Gasteiger partial charge in [0.15, 0.2) is 0 Å². The summed E-state index contributed by atoms with van der Waals surface area (Å²) >= 11 is 0. The monoisotopic (exact) mass is 1030 g/mol. The number of carbonyl (C=O) groups excluding carboxylic acids is 5. The maximum Gasteiger partial charge on any atom is 0.325 e. The van der Waals surface area contributed by atoms with Gasteiger partial charge in [0.1, 0.15) is 42.8 Å². The van der Waals surface area contributed by atoms with Crippen LogP contribution >= 0.6 is 0 Å². The molecule has 1 N–H and O–H groups in total. The molecule has 4 saturated carbocycles. The molecule has 2 atom stereocenters. The maximum atomic E-state index is 14.2. The molecule has 12 heteroatoms. The Morgan fingerprint density at radius 1 is 0.480 bits per heavy atom. The molecule has 410 valence electrons. The Kier molecular flexibility index (Phi) is 25.2. The second kappa shape index (κ2) is 32.2. The molecule has 2 unspecified atom stereocenters. The van der Waals surface area contributed by atoms with Crippen molar-refractivity contribution < 1.29 is 48.1 Å². The first-order valence-corrected chi connectivity index (χ1v) is 28.8. The molecule has 4 aliphatic rings. The van der Waals surface area contributed by atoms with E-state index in [4.69, 9.17) is 14.2 Å². The number of benzene rings is 3. The number of Topliss-reactive ketones (excluding diaryl/α,β-unsaturated/α-hetero) is 2. The van der Waals surface area contributed by atoms with Crippen LogP contribution in [0, 0.1) is 35.5 Å². The number of ether oxygens (including phenoxy) is 3. The average Bonchev–Trinajstić information content (AvgIpc) is 3.45. The number of amides is 2. The van der Waals surface area contributed by atoms with Gasteiger partial charge >= 0.3 is 11.9 Å². The molecule has 0 radical (unpaired) electrons. The minimum absolute atomic E-state index is 0.00580. The molecular formula is C63H88N2O10. The third kappa shape index (κ3) is 20.5. The van der Waals surface area contributed by atoms with Crippen molar-refractivity contribution in [1.29, 1.82) is 0 Å². The summed E-state index contributed by atoms with van der Waals surface area (Å²) in [5.41, 5.74) is 2.59. The third-order valence-electron chi connectivity index (χ3n) is 16.6. The van der Waals surface area contributed by atoms with Crippen LogP contribution in [0.5, 0.6) is 11.5 Å². The zero-order valence-electron chi connectivity index (χ0n) is 45.4. The number of hydrogen-bond donors (Lipinski definition) is 1. The Balaban J connectivity index is 0.000000248. The predicted octanol–water partition coefficient (Wildman–Crippen LogP) is 12.9. The van der Waals surface area contributed by atoms with Gasteiger partial charge in [-0.1, -0.05) is 183 Å². The van der Waals surface area contributed by atoms with Crippen LogP contribution in [0.1, 0.15) is 184 Å². The molecule has 4 fully saturated rings. The number of methoxy groups -OCH3 is 2. The fraction of sp³-hybridized carbons (Fsp3) is 0.619. The van der Waals surface area contributed by atoms with E-state index in [1.54, 1.807) is 31.3 Å². The molecule has 0 heterocycles. The first-order valence-electron chi connectivity index (χ1n) is 28.8. The van der Waals surface area contributed by atoms with E-state index in [1.165, 1.54) is 81.9 Å². The van der Waals surface area contributed by atoms with Gasteiger partial charge in [-0.15, -0.1) is 0 Å². The van der Waals surface area contributed by atoms with Crippen LogP contribution in [-0.2, 0) is 53.2 Å². The molecule has 0 bridgehead atoms. The number of carboxylic acids is 1. The van der Waals surface area contributed by atoms with Gasteiger partial charge < -0.3 is 29.1 Å². The van der Waals surface area contributed by atoms with Gasteiger partial charge in [0, 0.05) is 25.9 Å². The van der Waals surface area contributed by atoms with E-state index in [9.17, 15) is 33.9 Å². The van der Waals surface area contributed by atoms with Gasteiger partial charge in [-0.05, 0) is 90.3 Å². The van der Waals surface area contributed by atoms with Crippen LogP contribution < -0.4 is 9.47 Å². The van der Waals surface area contributed by atoms with Crippen molar-refractivity contribution in [3.05, 3.63) is 95.6 Å². The lowest BCUT2D eigenvalue weighted by Crippen LogP contribution is -2.43. The number of hydrogen-bond acceptors (Lipinski definition) is 9. The lowest BCUT2D eigenvalue weighted by molar-refractivity contribution is -0.154. The molecule has 0 saturated heterocycles. The number of ketones is 2. The lowest BCUT2D eigenvalue weighted by Gasteiger charge is -2.30. The SMILES string of the molecule is COc1ccc(CN(CC(=O)O)C(=O)C(CC2CCCCC2)C(=O)CCC2CCCCC2)cc1.COc1ccc(CN(CC(=O)OCc2ccccc2)C(=O)C(CC2CCCCC2)C(=O)CCC2CCCCC2)cc1. The highest BCUT2D eigenvalue weighted by Gasteiger charge is 2.36. The first-order chi connectivity index (χ1) is 36.5. The number of aliphatic carboxylic acids is 1. The minimum atomic E-state index is -1.06. The van der Waals surface area contributed by atoms with E-state index in [1.807, 2.05) is 66.7 Å². The lowest BCUT2D eigenvalue weighted by atomic mass is 9.79. The fourth-order valence-corrected chi connectivity index (χ4v) is 12.1. The highest BCUT2D eigenvalue weighted by atomic mass is 16.5. The van der Waals surface area contributed by atoms with E-state index in [0.29, 0.717) is 55.1 Å². The topological polar surface area (TPSA) is 157 Å². The second-order valence-corrected chi connectivity index (χ2v) is 22.2. The number of esters is 1. The summed E-state index contributed by atoms with van der Waals surface area (Å²) in [6.07, 6.45) is 27.3. The van der Waals surface area contributed by atoms with Crippen molar-refractivity contribution in [1.82, 2.24) is 9.80 Å². The molecule has 3 aromatic carbocycles. The van der Waals surface area contributed by atoms with Crippen LogP contribution in [0.25, 0.3) is 0 Å². The summed E-state index contributed by atoms with van der Waals surface area (Å²) in [6.45, 7) is -0.0285. The average molecular weight is 1030 g/mol. The molecule has 2 amide bonds. The Morgan fingerprint density at radius 2 is 0.853 bits per heavy atom. The highest BCUT2D eigenvalue weighted by molar-refractivity contribution is 6.03. The van der Waals surface area contributed by atoms with Crippen molar-refractivity contribution in [3.63, 3.8) is 0 Å². The Hall–Kier alpha value is -5.52. The number of nitrogens with zero attached hydrogens (tertiary/aromatic N) is 2. The van der Waals surface area contributed by atoms with E-state index >= 15 is 0 Å². The maximum absolute atomic E-state index is 14.2. The molecule has 7 rings (SSSR count). The molecule has 0 spiro atoms. The molecule has 12 nitrogen and oxygen atoms in total. The second-order valence-electron chi connectivity index (χ2n) is 22.2. The van der Waals surface area contributed by atoms with Crippen molar-refractivity contribution in [2.75, 3.05) is 27.3 Å². The molecule has 0 aromatic heterocycles. The van der Waals surface area contributed by atoms with Crippen LogP contribution in [0.2, 0.25) is 0 Å². The van der Waals surface area contributed by atoms with Crippen molar-refractivity contribution in [2.45, 2.75) is 187 Å². The summed E-state index contributed by atoms with van der Waals surface area (Å²) in [4.78, 5) is 82.6. The van der Waals surface area contributed by atoms with Crippen LogP contribution in [0.15, 0.2) is 78.9 Å². The summed E-state index contributed by atoms with van der Waals surface area (Å²) in [7, 11) is 3.20. The minimum Gasteiger partial charge on any atom is -0.497 e. The van der Waals surface area contributed by atoms with E-state index < -0.39 is 30.3 Å².